The third kappa shape index (κ3) is 4.39. The zero-order valence-electron chi connectivity index (χ0n) is 16.1. The number of benzene rings is 1. The summed E-state index contributed by atoms with van der Waals surface area (Å²) in [5, 5.41) is 0. The molecule has 0 bridgehead atoms. The second kappa shape index (κ2) is 8.36. The molecule has 0 unspecified atom stereocenters. The highest BCUT2D eigenvalue weighted by atomic mass is 19.1. The highest BCUT2D eigenvalue weighted by molar-refractivity contribution is 5.46. The lowest BCUT2D eigenvalue weighted by atomic mass is 10.1. The fourth-order valence-electron chi connectivity index (χ4n) is 3.63. The monoisotopic (exact) mass is 389 g/mol. The molecule has 3 heterocycles. The van der Waals surface area contributed by atoms with Gasteiger partial charge in [-0.3, -0.25) is 4.90 Å². The van der Waals surface area contributed by atoms with Crippen LogP contribution in [0.2, 0.25) is 0 Å². The number of halogens is 2. The minimum atomic E-state index is -0.540. The van der Waals surface area contributed by atoms with E-state index in [-0.39, 0.29) is 0 Å². The van der Waals surface area contributed by atoms with Gasteiger partial charge in [0.15, 0.2) is 0 Å². The molecule has 6 nitrogen and oxygen atoms in total. The topological polar surface area (TPSA) is 44.7 Å². The van der Waals surface area contributed by atoms with Gasteiger partial charge >= 0.3 is 0 Å². The minimum Gasteiger partial charge on any atom is -0.378 e. The van der Waals surface area contributed by atoms with E-state index in [4.69, 9.17) is 9.72 Å². The summed E-state index contributed by atoms with van der Waals surface area (Å²) in [6, 6.07) is 5.80. The Bertz CT molecular complexity index is 820. The summed E-state index contributed by atoms with van der Waals surface area (Å²) in [7, 11) is 0. The van der Waals surface area contributed by atoms with Gasteiger partial charge in [0.05, 0.1) is 13.2 Å². The molecule has 0 atom stereocenters. The summed E-state index contributed by atoms with van der Waals surface area (Å²) in [5.74, 6) is 0.668. The number of hydrogen-bond acceptors (Lipinski definition) is 6. The van der Waals surface area contributed by atoms with Gasteiger partial charge in [0.25, 0.3) is 0 Å². The van der Waals surface area contributed by atoms with Crippen molar-refractivity contribution in [1.82, 2.24) is 14.9 Å². The number of anilines is 2. The number of morpholine rings is 1. The molecule has 0 spiro atoms. The van der Waals surface area contributed by atoms with Crippen LogP contribution in [0.25, 0.3) is 0 Å². The van der Waals surface area contributed by atoms with Crippen molar-refractivity contribution < 1.29 is 13.5 Å². The zero-order chi connectivity index (χ0) is 19.5. The SMILES string of the molecule is Cc1cc(N2CCN(Cc3ccc(F)cc3F)CC2)nc(N2CCOCC2)n1. The Morgan fingerprint density at radius 1 is 0.929 bits per heavy atom. The molecule has 28 heavy (non-hydrogen) atoms. The lowest BCUT2D eigenvalue weighted by molar-refractivity contribution is 0.122. The summed E-state index contributed by atoms with van der Waals surface area (Å²) < 4.78 is 32.4. The van der Waals surface area contributed by atoms with Gasteiger partial charge in [0.1, 0.15) is 17.5 Å². The third-order valence-electron chi connectivity index (χ3n) is 5.23. The van der Waals surface area contributed by atoms with E-state index in [1.807, 2.05) is 13.0 Å². The second-order valence-electron chi connectivity index (χ2n) is 7.27. The zero-order valence-corrected chi connectivity index (χ0v) is 16.1. The molecule has 150 valence electrons. The van der Waals surface area contributed by atoms with E-state index in [1.54, 1.807) is 0 Å². The molecule has 4 rings (SSSR count). The first-order valence-corrected chi connectivity index (χ1v) is 9.68. The van der Waals surface area contributed by atoms with Crippen molar-refractivity contribution in [3.63, 3.8) is 0 Å². The van der Waals surface area contributed by atoms with Gasteiger partial charge in [-0.15, -0.1) is 0 Å². The minimum absolute atomic E-state index is 0.482. The average Bonchev–Trinajstić information content (AvgIpc) is 2.71. The molecule has 2 fully saturated rings. The van der Waals surface area contributed by atoms with Gasteiger partial charge in [-0.25, -0.2) is 13.8 Å². The summed E-state index contributed by atoms with van der Waals surface area (Å²) in [6.07, 6.45) is 0. The molecular formula is C20H25F2N5O. The van der Waals surface area contributed by atoms with Crippen LogP contribution in [0.15, 0.2) is 24.3 Å². The molecule has 8 heteroatoms. The third-order valence-corrected chi connectivity index (χ3v) is 5.23. The van der Waals surface area contributed by atoms with E-state index in [9.17, 15) is 8.78 Å². The van der Waals surface area contributed by atoms with Gasteiger partial charge < -0.3 is 14.5 Å². The van der Waals surface area contributed by atoms with Gasteiger partial charge in [0.2, 0.25) is 5.95 Å². The van der Waals surface area contributed by atoms with Gasteiger partial charge in [-0.1, -0.05) is 6.07 Å². The quantitative estimate of drug-likeness (QED) is 0.799. The Labute approximate surface area is 163 Å². The molecule has 0 aliphatic carbocycles. The van der Waals surface area contributed by atoms with Crippen LogP contribution < -0.4 is 9.80 Å². The van der Waals surface area contributed by atoms with Crippen molar-refractivity contribution in [1.29, 1.82) is 0 Å². The van der Waals surface area contributed by atoms with Crippen LogP contribution in [0.4, 0.5) is 20.5 Å². The van der Waals surface area contributed by atoms with E-state index in [1.165, 1.54) is 12.1 Å². The van der Waals surface area contributed by atoms with Crippen molar-refractivity contribution in [2.24, 2.45) is 0 Å². The van der Waals surface area contributed by atoms with E-state index in [0.29, 0.717) is 25.3 Å². The maximum atomic E-state index is 13.9. The Morgan fingerprint density at radius 3 is 2.39 bits per heavy atom. The van der Waals surface area contributed by atoms with Crippen molar-refractivity contribution in [3.8, 4) is 0 Å². The number of hydrogen-bond donors (Lipinski definition) is 0. The summed E-state index contributed by atoms with van der Waals surface area (Å²) >= 11 is 0. The predicted molar refractivity (Wildman–Crippen MR) is 104 cm³/mol. The Morgan fingerprint density at radius 2 is 1.68 bits per heavy atom. The number of piperazine rings is 1. The smallest absolute Gasteiger partial charge is 0.227 e. The molecule has 1 aromatic heterocycles. The number of aromatic nitrogens is 2. The van der Waals surface area contributed by atoms with Crippen molar-refractivity contribution in [3.05, 3.63) is 47.2 Å². The highest BCUT2D eigenvalue weighted by Gasteiger charge is 2.21. The maximum Gasteiger partial charge on any atom is 0.227 e. The fourth-order valence-corrected chi connectivity index (χ4v) is 3.63. The second-order valence-corrected chi connectivity index (χ2v) is 7.27. The first-order valence-electron chi connectivity index (χ1n) is 9.68. The molecule has 2 aliphatic heterocycles. The average molecular weight is 389 g/mol. The van der Waals surface area contributed by atoms with Crippen LogP contribution in [0, 0.1) is 18.6 Å². The van der Waals surface area contributed by atoms with Gasteiger partial charge in [0, 0.05) is 69.2 Å². The lowest BCUT2D eigenvalue weighted by Crippen LogP contribution is -2.46. The van der Waals surface area contributed by atoms with Crippen LogP contribution in [-0.4, -0.2) is 67.4 Å². The molecular weight excluding hydrogens is 364 g/mol. The lowest BCUT2D eigenvalue weighted by Gasteiger charge is -2.36. The number of ether oxygens (including phenoxy) is 1. The normalized spacial score (nSPS) is 18.5. The van der Waals surface area contributed by atoms with Crippen LogP contribution in [-0.2, 0) is 11.3 Å². The number of rotatable bonds is 4. The molecule has 2 saturated heterocycles. The van der Waals surface area contributed by atoms with Crippen molar-refractivity contribution >= 4 is 11.8 Å². The molecule has 1 aromatic carbocycles. The molecule has 2 aromatic rings. The molecule has 0 N–H and O–H groups in total. The van der Waals surface area contributed by atoms with E-state index >= 15 is 0 Å². The summed E-state index contributed by atoms with van der Waals surface area (Å²) in [6.45, 7) is 8.70. The highest BCUT2D eigenvalue weighted by Crippen LogP contribution is 2.21. The van der Waals surface area contributed by atoms with Gasteiger partial charge in [-0.2, -0.15) is 4.98 Å². The molecule has 0 saturated carbocycles. The Hall–Kier alpha value is -2.32. The first-order chi connectivity index (χ1) is 13.6. The molecule has 0 amide bonds. The van der Waals surface area contributed by atoms with Crippen molar-refractivity contribution in [2.75, 3.05) is 62.3 Å². The van der Waals surface area contributed by atoms with E-state index < -0.39 is 11.6 Å². The van der Waals surface area contributed by atoms with Crippen LogP contribution in [0.1, 0.15) is 11.3 Å². The Kier molecular flexibility index (Phi) is 5.68. The van der Waals surface area contributed by atoms with E-state index in [0.717, 1.165) is 62.8 Å². The van der Waals surface area contributed by atoms with Crippen LogP contribution in [0.5, 0.6) is 0 Å². The van der Waals surface area contributed by atoms with Crippen LogP contribution in [0.3, 0.4) is 0 Å². The number of nitrogens with zero attached hydrogens (tertiary/aromatic N) is 5. The molecule has 2 aliphatic rings. The molecule has 0 radical (unpaired) electrons. The fraction of sp³-hybridized carbons (Fsp3) is 0.500. The van der Waals surface area contributed by atoms with Crippen LogP contribution >= 0.6 is 0 Å². The largest absolute Gasteiger partial charge is 0.378 e. The standard InChI is InChI=1S/C20H25F2N5O/c1-15-12-19(24-20(23-15)27-8-10-28-11-9-27)26-6-4-25(5-7-26)14-16-2-3-17(21)13-18(16)22/h2-3,12-13H,4-11,14H2,1H3. The Balaban J connectivity index is 1.40. The summed E-state index contributed by atoms with van der Waals surface area (Å²) in [5.41, 5.74) is 1.48. The predicted octanol–water partition coefficient (Wildman–Crippen LogP) is 2.22. The van der Waals surface area contributed by atoms with E-state index in [2.05, 4.69) is 19.7 Å². The van der Waals surface area contributed by atoms with Gasteiger partial charge in [-0.05, 0) is 13.0 Å². The first kappa shape index (κ1) is 19.0. The summed E-state index contributed by atoms with van der Waals surface area (Å²) in [4.78, 5) is 16.0. The number of aryl methyl sites for hydroxylation is 1. The van der Waals surface area contributed by atoms with Crippen molar-refractivity contribution in [2.45, 2.75) is 13.5 Å². The maximum absolute atomic E-state index is 13.9.